The Hall–Kier alpha value is -1.50. The molecule has 0 unspecified atom stereocenters. The lowest BCUT2D eigenvalue weighted by atomic mass is 10.3. The van der Waals surface area contributed by atoms with Gasteiger partial charge >= 0.3 is 0 Å². The second-order valence-corrected chi connectivity index (χ2v) is 4.66. The fraction of sp³-hybridized carbons (Fsp3) is 0.100. The van der Waals surface area contributed by atoms with Crippen molar-refractivity contribution in [3.63, 3.8) is 0 Å². The summed E-state index contributed by atoms with van der Waals surface area (Å²) in [6.07, 6.45) is 1.19. The number of hydrogen-bond acceptors (Lipinski definition) is 5. The maximum Gasteiger partial charge on any atom is 0.272 e. The lowest BCUT2D eigenvalue weighted by Crippen LogP contribution is -2.20. The predicted octanol–water partition coefficient (Wildman–Crippen LogP) is 2.54. The van der Waals surface area contributed by atoms with Gasteiger partial charge in [0.2, 0.25) is 5.95 Å². The van der Waals surface area contributed by atoms with Crippen LogP contribution in [0.1, 0.15) is 4.79 Å². The molecule has 19 heavy (non-hydrogen) atoms. The maximum atomic E-state index is 11.7. The van der Waals surface area contributed by atoms with E-state index in [1.807, 2.05) is 0 Å². The Morgan fingerprint density at radius 1 is 1.26 bits per heavy atom. The van der Waals surface area contributed by atoms with Gasteiger partial charge in [0, 0.05) is 6.07 Å². The van der Waals surface area contributed by atoms with Crippen LogP contribution in [0.2, 0.25) is 15.1 Å². The summed E-state index contributed by atoms with van der Waals surface area (Å²) in [5.74, 6) is -0.213. The number of carbonyl (C=O) groups is 1. The Morgan fingerprint density at radius 2 is 1.95 bits per heavy atom. The number of benzene rings is 1. The molecule has 0 atom stereocenters. The molecule has 0 spiro atoms. The number of carbonyl (C=O) groups excluding carboxylic acids is 1. The lowest BCUT2D eigenvalue weighted by Gasteiger charge is -2.09. The van der Waals surface area contributed by atoms with E-state index in [1.165, 1.54) is 18.5 Å². The molecule has 1 aromatic carbocycles. The van der Waals surface area contributed by atoms with Gasteiger partial charge < -0.3 is 10.5 Å². The van der Waals surface area contributed by atoms with Gasteiger partial charge in [0.1, 0.15) is 12.1 Å². The summed E-state index contributed by atoms with van der Waals surface area (Å²) in [5, 5.41) is 7.80. The van der Waals surface area contributed by atoms with Crippen molar-refractivity contribution >= 4 is 46.7 Å². The first-order valence-corrected chi connectivity index (χ1v) is 6.08. The summed E-state index contributed by atoms with van der Waals surface area (Å²) < 4.78 is 6.32. The van der Waals surface area contributed by atoms with Gasteiger partial charge in [0.25, 0.3) is 5.91 Å². The zero-order chi connectivity index (χ0) is 14.0. The number of anilines is 1. The molecule has 2 N–H and O–H groups in total. The maximum absolute atomic E-state index is 11.7. The largest absolute Gasteiger partial charge is 0.482 e. The van der Waals surface area contributed by atoms with Crippen molar-refractivity contribution < 1.29 is 9.53 Å². The standard InChI is InChI=1S/C10H7Cl3N4O2/c11-5-1-7(13)8(2-6(5)12)19-3-9(18)17-4-15-16-10(17)14/h1-2,4H,3H2,(H2,14,16). The van der Waals surface area contributed by atoms with Crippen molar-refractivity contribution in [1.82, 2.24) is 14.8 Å². The summed E-state index contributed by atoms with van der Waals surface area (Å²) >= 11 is 17.5. The van der Waals surface area contributed by atoms with Gasteiger partial charge in [0.05, 0.1) is 15.1 Å². The molecule has 0 saturated carbocycles. The SMILES string of the molecule is Nc1nncn1C(=O)COc1cc(Cl)c(Cl)cc1Cl. The fourth-order valence-electron chi connectivity index (χ4n) is 1.26. The third-order valence-electron chi connectivity index (χ3n) is 2.17. The first kappa shape index (κ1) is 13.9. The minimum absolute atomic E-state index is 0.0196. The van der Waals surface area contributed by atoms with Crippen molar-refractivity contribution in [2.24, 2.45) is 0 Å². The number of nitrogens with two attached hydrogens (primary N) is 1. The van der Waals surface area contributed by atoms with E-state index < -0.39 is 5.91 Å². The van der Waals surface area contributed by atoms with E-state index in [4.69, 9.17) is 45.3 Å². The molecule has 100 valence electrons. The highest BCUT2D eigenvalue weighted by Crippen LogP contribution is 2.33. The first-order chi connectivity index (χ1) is 8.99. The van der Waals surface area contributed by atoms with Gasteiger partial charge in [-0.2, -0.15) is 0 Å². The molecule has 0 aliphatic heterocycles. The fourth-order valence-corrected chi connectivity index (χ4v) is 1.85. The predicted molar refractivity (Wildman–Crippen MR) is 72.0 cm³/mol. The van der Waals surface area contributed by atoms with Gasteiger partial charge in [0.15, 0.2) is 6.61 Å². The molecule has 0 bridgehead atoms. The molecule has 9 heteroatoms. The van der Waals surface area contributed by atoms with E-state index in [2.05, 4.69) is 10.2 Å². The van der Waals surface area contributed by atoms with E-state index in [0.717, 1.165) is 4.57 Å². The monoisotopic (exact) mass is 320 g/mol. The van der Waals surface area contributed by atoms with Crippen LogP contribution in [0.4, 0.5) is 5.95 Å². The van der Waals surface area contributed by atoms with E-state index >= 15 is 0 Å². The summed E-state index contributed by atoms with van der Waals surface area (Å²) in [6, 6.07) is 2.85. The van der Waals surface area contributed by atoms with Crippen LogP contribution in [-0.4, -0.2) is 27.3 Å². The lowest BCUT2D eigenvalue weighted by molar-refractivity contribution is 0.0840. The zero-order valence-electron chi connectivity index (χ0n) is 9.31. The van der Waals surface area contributed by atoms with Crippen molar-refractivity contribution in [2.75, 3.05) is 12.3 Å². The minimum Gasteiger partial charge on any atom is -0.482 e. The Morgan fingerprint density at radius 3 is 2.58 bits per heavy atom. The van der Waals surface area contributed by atoms with Crippen LogP contribution >= 0.6 is 34.8 Å². The Kier molecular flexibility index (Phi) is 4.14. The second-order valence-electron chi connectivity index (χ2n) is 3.44. The number of ether oxygens (including phenoxy) is 1. The molecule has 2 rings (SSSR count). The molecule has 0 amide bonds. The van der Waals surface area contributed by atoms with E-state index in [0.29, 0.717) is 5.02 Å². The molecule has 0 saturated heterocycles. The summed E-state index contributed by atoms with van der Waals surface area (Å²) in [5.41, 5.74) is 5.43. The molecule has 0 aliphatic rings. The summed E-state index contributed by atoms with van der Waals surface area (Å²) in [4.78, 5) is 11.7. The van der Waals surface area contributed by atoms with Crippen LogP contribution in [0.3, 0.4) is 0 Å². The first-order valence-electron chi connectivity index (χ1n) is 4.95. The number of nitrogen functional groups attached to an aromatic ring is 1. The molecular weight excluding hydrogens is 314 g/mol. The smallest absolute Gasteiger partial charge is 0.272 e. The van der Waals surface area contributed by atoms with Crippen molar-refractivity contribution in [2.45, 2.75) is 0 Å². The Labute approximate surface area is 123 Å². The molecule has 0 radical (unpaired) electrons. The van der Waals surface area contributed by atoms with E-state index in [1.54, 1.807) is 0 Å². The quantitative estimate of drug-likeness (QED) is 0.878. The molecule has 2 aromatic rings. The third kappa shape index (κ3) is 3.09. The van der Waals surface area contributed by atoms with Crippen LogP contribution in [-0.2, 0) is 0 Å². The van der Waals surface area contributed by atoms with Crippen LogP contribution in [0, 0.1) is 0 Å². The van der Waals surface area contributed by atoms with Gasteiger partial charge in [-0.25, -0.2) is 4.57 Å². The highest BCUT2D eigenvalue weighted by molar-refractivity contribution is 6.43. The average Bonchev–Trinajstić information content (AvgIpc) is 2.78. The van der Waals surface area contributed by atoms with Gasteiger partial charge in [-0.05, 0) is 6.07 Å². The van der Waals surface area contributed by atoms with Gasteiger partial charge in [-0.3, -0.25) is 4.79 Å². The molecule has 6 nitrogen and oxygen atoms in total. The molecular formula is C10H7Cl3N4O2. The number of rotatable bonds is 3. The molecule has 0 aliphatic carbocycles. The van der Waals surface area contributed by atoms with Crippen LogP contribution in [0.15, 0.2) is 18.5 Å². The van der Waals surface area contributed by atoms with Crippen molar-refractivity contribution in [3.8, 4) is 5.75 Å². The summed E-state index contributed by atoms with van der Waals surface area (Å²) in [6.45, 7) is -0.292. The van der Waals surface area contributed by atoms with Crippen molar-refractivity contribution in [1.29, 1.82) is 0 Å². The number of aromatic nitrogens is 3. The van der Waals surface area contributed by atoms with Gasteiger partial charge in [-0.1, -0.05) is 34.8 Å². The molecule has 0 fully saturated rings. The highest BCUT2D eigenvalue weighted by Gasteiger charge is 2.12. The number of hydrogen-bond donors (Lipinski definition) is 1. The number of halogens is 3. The average molecular weight is 322 g/mol. The topological polar surface area (TPSA) is 83.0 Å². The van der Waals surface area contributed by atoms with Crippen LogP contribution in [0.5, 0.6) is 5.75 Å². The van der Waals surface area contributed by atoms with E-state index in [-0.39, 0.29) is 28.3 Å². The van der Waals surface area contributed by atoms with E-state index in [9.17, 15) is 4.79 Å². The van der Waals surface area contributed by atoms with Crippen LogP contribution < -0.4 is 10.5 Å². The Balaban J connectivity index is 2.09. The van der Waals surface area contributed by atoms with Crippen LogP contribution in [0.25, 0.3) is 0 Å². The molecule has 1 heterocycles. The highest BCUT2D eigenvalue weighted by atomic mass is 35.5. The molecule has 1 aromatic heterocycles. The second kappa shape index (κ2) is 5.64. The van der Waals surface area contributed by atoms with Crippen molar-refractivity contribution in [3.05, 3.63) is 33.5 Å². The normalized spacial score (nSPS) is 10.5. The third-order valence-corrected chi connectivity index (χ3v) is 3.19. The minimum atomic E-state index is -0.440. The summed E-state index contributed by atoms with van der Waals surface area (Å²) in [7, 11) is 0. The van der Waals surface area contributed by atoms with Gasteiger partial charge in [-0.15, -0.1) is 10.2 Å². The Bertz CT molecular complexity index is 629. The zero-order valence-corrected chi connectivity index (χ0v) is 11.6. The number of nitrogens with zero attached hydrogens (tertiary/aromatic N) is 3.